The topological polar surface area (TPSA) is 50.1 Å². The zero-order chi connectivity index (χ0) is 22.5. The first-order valence-electron chi connectivity index (χ1n) is 10.1. The van der Waals surface area contributed by atoms with Gasteiger partial charge in [-0.05, 0) is 55.5 Å². The monoisotopic (exact) mass is 465 g/mol. The maximum Gasteiger partial charge on any atom is 0.280 e. The zero-order valence-corrected chi connectivity index (χ0v) is 19.0. The summed E-state index contributed by atoms with van der Waals surface area (Å²) in [6, 6.07) is 23.1. The molecule has 0 saturated carbocycles. The number of halogens is 2. The van der Waals surface area contributed by atoms with Crippen molar-refractivity contribution in [2.45, 2.75) is 11.8 Å². The summed E-state index contributed by atoms with van der Waals surface area (Å²) in [5.41, 5.74) is 3.07. The Morgan fingerprint density at radius 3 is 2.41 bits per heavy atom. The minimum atomic E-state index is -0.354. The van der Waals surface area contributed by atoms with E-state index in [0.29, 0.717) is 34.2 Å². The van der Waals surface area contributed by atoms with Crippen LogP contribution in [0, 0.1) is 5.82 Å². The highest BCUT2D eigenvalue weighted by atomic mass is 35.5. The van der Waals surface area contributed by atoms with Gasteiger partial charge in [0.1, 0.15) is 5.82 Å². The van der Waals surface area contributed by atoms with Crippen molar-refractivity contribution in [2.75, 3.05) is 12.3 Å². The Morgan fingerprint density at radius 1 is 1.03 bits per heavy atom. The molecule has 3 aromatic carbocycles. The zero-order valence-electron chi connectivity index (χ0n) is 17.4. The number of aromatic amines is 1. The molecular formula is C25H21ClFN3OS. The van der Waals surface area contributed by atoms with Crippen molar-refractivity contribution < 1.29 is 4.39 Å². The van der Waals surface area contributed by atoms with Crippen LogP contribution in [0.4, 0.5) is 4.39 Å². The third kappa shape index (κ3) is 5.03. The molecule has 0 saturated heterocycles. The fourth-order valence-corrected chi connectivity index (χ4v) is 4.22. The van der Waals surface area contributed by atoms with Crippen LogP contribution in [0.15, 0.2) is 93.5 Å². The molecule has 4 nitrogen and oxygen atoms in total. The van der Waals surface area contributed by atoms with E-state index in [1.54, 1.807) is 23.9 Å². The van der Waals surface area contributed by atoms with Crippen LogP contribution in [0.1, 0.15) is 12.5 Å². The molecule has 0 spiro atoms. The van der Waals surface area contributed by atoms with E-state index in [9.17, 15) is 9.18 Å². The van der Waals surface area contributed by atoms with Crippen molar-refractivity contribution in [1.82, 2.24) is 9.78 Å². The van der Waals surface area contributed by atoms with Gasteiger partial charge in [0.2, 0.25) is 0 Å². The molecule has 32 heavy (non-hydrogen) atoms. The lowest BCUT2D eigenvalue weighted by atomic mass is 10.1. The molecule has 0 aliphatic heterocycles. The quantitative estimate of drug-likeness (QED) is 0.200. The second-order valence-electron chi connectivity index (χ2n) is 7.11. The number of H-pyrrole nitrogens is 1. The molecule has 7 heteroatoms. The second-order valence-corrected chi connectivity index (χ2v) is 8.72. The number of nitrogens with zero attached hydrogens (tertiary/aromatic N) is 2. The van der Waals surface area contributed by atoms with Crippen LogP contribution >= 0.6 is 23.4 Å². The summed E-state index contributed by atoms with van der Waals surface area (Å²) >= 11 is 7.61. The van der Waals surface area contributed by atoms with Gasteiger partial charge in [-0.25, -0.2) is 9.07 Å². The van der Waals surface area contributed by atoms with E-state index in [1.807, 2.05) is 61.5 Å². The Balaban J connectivity index is 1.63. The van der Waals surface area contributed by atoms with E-state index in [-0.39, 0.29) is 11.4 Å². The van der Waals surface area contributed by atoms with E-state index >= 15 is 0 Å². The van der Waals surface area contributed by atoms with E-state index in [1.165, 1.54) is 16.8 Å². The summed E-state index contributed by atoms with van der Waals surface area (Å²) in [6.07, 6.45) is 0. The van der Waals surface area contributed by atoms with Gasteiger partial charge in [-0.1, -0.05) is 41.9 Å². The molecule has 0 fully saturated rings. The van der Waals surface area contributed by atoms with Crippen LogP contribution < -0.4 is 5.56 Å². The molecule has 0 bridgehead atoms. The summed E-state index contributed by atoms with van der Waals surface area (Å²) in [5.74, 6) is 0.420. The summed E-state index contributed by atoms with van der Waals surface area (Å²) in [6.45, 7) is 2.41. The van der Waals surface area contributed by atoms with Crippen LogP contribution in [0.3, 0.4) is 0 Å². The number of benzene rings is 3. The fourth-order valence-electron chi connectivity index (χ4n) is 3.35. The van der Waals surface area contributed by atoms with E-state index in [0.717, 1.165) is 16.2 Å². The Kier molecular flexibility index (Phi) is 6.93. The van der Waals surface area contributed by atoms with Gasteiger partial charge in [-0.2, -0.15) is 0 Å². The Labute approximate surface area is 194 Å². The van der Waals surface area contributed by atoms with Crippen molar-refractivity contribution >= 4 is 29.1 Å². The van der Waals surface area contributed by atoms with Gasteiger partial charge in [0, 0.05) is 33.5 Å². The highest BCUT2D eigenvalue weighted by Crippen LogP contribution is 2.23. The van der Waals surface area contributed by atoms with Gasteiger partial charge in [-0.3, -0.25) is 14.9 Å². The summed E-state index contributed by atoms with van der Waals surface area (Å²) in [4.78, 5) is 19.1. The third-order valence-electron chi connectivity index (χ3n) is 4.92. The minimum Gasteiger partial charge on any atom is -0.290 e. The molecule has 0 aliphatic carbocycles. The van der Waals surface area contributed by atoms with Crippen LogP contribution in [0.2, 0.25) is 5.02 Å². The van der Waals surface area contributed by atoms with Gasteiger partial charge in [-0.15, -0.1) is 11.8 Å². The molecule has 1 aromatic heterocycles. The average molecular weight is 466 g/mol. The first kappa shape index (κ1) is 22.1. The SMILES string of the molecule is CC(=NCCSc1ccc(Cl)cc1)c1c(-c2ccccc2)[nH]n(-c2ccc(F)cc2)c1=O. The molecule has 162 valence electrons. The summed E-state index contributed by atoms with van der Waals surface area (Å²) in [7, 11) is 0. The fraction of sp³-hybridized carbons (Fsp3) is 0.120. The molecule has 1 heterocycles. The molecule has 4 aromatic rings. The lowest BCUT2D eigenvalue weighted by Gasteiger charge is -2.04. The molecule has 0 unspecified atom stereocenters. The highest BCUT2D eigenvalue weighted by molar-refractivity contribution is 7.99. The molecule has 0 atom stereocenters. The first-order valence-corrected chi connectivity index (χ1v) is 11.5. The predicted molar refractivity (Wildman–Crippen MR) is 131 cm³/mol. The maximum atomic E-state index is 13.4. The van der Waals surface area contributed by atoms with Crippen molar-refractivity contribution in [3.8, 4) is 16.9 Å². The van der Waals surface area contributed by atoms with Crippen molar-refractivity contribution in [3.05, 3.63) is 106 Å². The number of aliphatic imine (C=N–C) groups is 1. The Hall–Kier alpha value is -3.09. The molecular weight excluding hydrogens is 445 g/mol. The van der Waals surface area contributed by atoms with E-state index in [2.05, 4.69) is 10.1 Å². The number of hydrogen-bond donors (Lipinski definition) is 1. The normalized spacial score (nSPS) is 11.7. The number of nitrogens with one attached hydrogen (secondary N) is 1. The molecule has 0 radical (unpaired) electrons. The standard InChI is InChI=1S/C25H21ClFN3OS/c1-17(28-15-16-32-22-13-7-19(26)8-14-22)23-24(18-5-3-2-4-6-18)29-30(25(23)31)21-11-9-20(27)10-12-21/h2-14,29H,15-16H2,1H3. The van der Waals surface area contributed by atoms with Crippen molar-refractivity contribution in [1.29, 1.82) is 0 Å². The number of aromatic nitrogens is 2. The largest absolute Gasteiger partial charge is 0.290 e. The molecule has 0 amide bonds. The molecule has 4 rings (SSSR count). The minimum absolute atomic E-state index is 0.220. The lowest BCUT2D eigenvalue weighted by Crippen LogP contribution is -2.20. The third-order valence-corrected chi connectivity index (χ3v) is 6.17. The number of thioether (sulfide) groups is 1. The van der Waals surface area contributed by atoms with Gasteiger partial charge in [0.05, 0.1) is 16.9 Å². The average Bonchev–Trinajstić information content (AvgIpc) is 3.16. The van der Waals surface area contributed by atoms with Gasteiger partial charge < -0.3 is 0 Å². The van der Waals surface area contributed by atoms with Crippen molar-refractivity contribution in [2.24, 2.45) is 4.99 Å². The second kappa shape index (κ2) is 10.0. The van der Waals surface area contributed by atoms with E-state index in [4.69, 9.17) is 11.6 Å². The van der Waals surface area contributed by atoms with Gasteiger partial charge >= 0.3 is 0 Å². The Bertz CT molecular complexity index is 1280. The Morgan fingerprint density at radius 2 is 1.72 bits per heavy atom. The van der Waals surface area contributed by atoms with E-state index < -0.39 is 0 Å². The van der Waals surface area contributed by atoms with Crippen LogP contribution in [-0.4, -0.2) is 27.8 Å². The number of hydrogen-bond acceptors (Lipinski definition) is 3. The van der Waals surface area contributed by atoms with Gasteiger partial charge in [0.15, 0.2) is 0 Å². The highest BCUT2D eigenvalue weighted by Gasteiger charge is 2.19. The molecule has 0 aliphatic rings. The van der Waals surface area contributed by atoms with Crippen LogP contribution in [0.25, 0.3) is 16.9 Å². The summed E-state index contributed by atoms with van der Waals surface area (Å²) < 4.78 is 14.8. The first-order chi connectivity index (χ1) is 15.5. The smallest absolute Gasteiger partial charge is 0.280 e. The van der Waals surface area contributed by atoms with Crippen LogP contribution in [0.5, 0.6) is 0 Å². The maximum absolute atomic E-state index is 13.4. The summed E-state index contributed by atoms with van der Waals surface area (Å²) in [5, 5.41) is 3.90. The number of rotatable bonds is 7. The van der Waals surface area contributed by atoms with Crippen molar-refractivity contribution in [3.63, 3.8) is 0 Å². The lowest BCUT2D eigenvalue weighted by molar-refractivity contribution is 0.627. The van der Waals surface area contributed by atoms with Crippen LogP contribution in [-0.2, 0) is 0 Å². The predicted octanol–water partition coefficient (Wildman–Crippen LogP) is 6.23. The molecule has 1 N–H and O–H groups in total. The van der Waals surface area contributed by atoms with Gasteiger partial charge in [0.25, 0.3) is 5.56 Å².